The maximum Gasteiger partial charge on any atom is 0.258 e. The van der Waals surface area contributed by atoms with Gasteiger partial charge < -0.3 is 14.8 Å². The van der Waals surface area contributed by atoms with E-state index in [1.54, 1.807) is 28.8 Å². The van der Waals surface area contributed by atoms with Gasteiger partial charge in [-0.05, 0) is 41.6 Å². The lowest BCUT2D eigenvalue weighted by molar-refractivity contribution is 0.112. The standard InChI is InChI=1S/C18H13NO4/c20-9-11-2-1-3-12-13(11)7-15-14-8-17(22)16(21)6-10(14)4-5-19(15)18(12)23/h1-3,6-9,21-22H,4-5H2. The molecular weight excluding hydrogens is 294 g/mol. The number of benzene rings is 2. The molecular formula is C18H13NO4. The normalized spacial score (nSPS) is 12.7. The topological polar surface area (TPSA) is 79.5 Å². The second-order valence-electron chi connectivity index (χ2n) is 5.66. The Hall–Kier alpha value is -3.08. The van der Waals surface area contributed by atoms with Gasteiger partial charge in [0.1, 0.15) is 0 Å². The van der Waals surface area contributed by atoms with Crippen LogP contribution in [0.5, 0.6) is 11.5 Å². The number of hydrogen-bond acceptors (Lipinski definition) is 4. The lowest BCUT2D eigenvalue weighted by Gasteiger charge is -2.23. The number of carbonyl (C=O) groups excluding carboxylic acids is 1. The molecule has 0 bridgehead atoms. The van der Waals surface area contributed by atoms with E-state index < -0.39 is 0 Å². The second kappa shape index (κ2) is 4.71. The van der Waals surface area contributed by atoms with E-state index >= 15 is 0 Å². The predicted molar refractivity (Wildman–Crippen MR) is 86.1 cm³/mol. The van der Waals surface area contributed by atoms with Gasteiger partial charge in [0.15, 0.2) is 17.8 Å². The van der Waals surface area contributed by atoms with Crippen molar-refractivity contribution < 1.29 is 15.0 Å². The number of aryl methyl sites for hydroxylation is 1. The monoisotopic (exact) mass is 307 g/mol. The van der Waals surface area contributed by atoms with Gasteiger partial charge >= 0.3 is 0 Å². The minimum atomic E-state index is -0.228. The second-order valence-corrected chi connectivity index (χ2v) is 5.66. The van der Waals surface area contributed by atoms with Crippen LogP contribution in [0.2, 0.25) is 0 Å². The zero-order valence-corrected chi connectivity index (χ0v) is 12.1. The molecule has 5 nitrogen and oxygen atoms in total. The van der Waals surface area contributed by atoms with Crippen LogP contribution in [0, 0.1) is 0 Å². The summed E-state index contributed by atoms with van der Waals surface area (Å²) in [4.78, 5) is 24.0. The van der Waals surface area contributed by atoms with Crippen LogP contribution >= 0.6 is 0 Å². The Balaban J connectivity index is 2.13. The number of fused-ring (bicyclic) bond motifs is 4. The summed E-state index contributed by atoms with van der Waals surface area (Å²) in [6, 6.07) is 9.86. The first-order chi connectivity index (χ1) is 11.1. The minimum Gasteiger partial charge on any atom is -0.504 e. The average molecular weight is 307 g/mol. The fourth-order valence-corrected chi connectivity index (χ4v) is 3.25. The van der Waals surface area contributed by atoms with E-state index in [4.69, 9.17) is 0 Å². The first kappa shape index (κ1) is 13.6. The molecule has 5 heteroatoms. The van der Waals surface area contributed by atoms with Crippen molar-refractivity contribution >= 4 is 17.1 Å². The Morgan fingerprint density at radius 2 is 1.83 bits per heavy atom. The molecule has 0 fully saturated rings. The number of aldehydes is 1. The van der Waals surface area contributed by atoms with E-state index in [1.807, 2.05) is 0 Å². The molecule has 2 aromatic carbocycles. The van der Waals surface area contributed by atoms with Crippen molar-refractivity contribution in [1.82, 2.24) is 4.57 Å². The summed E-state index contributed by atoms with van der Waals surface area (Å²) < 4.78 is 1.65. The van der Waals surface area contributed by atoms with Gasteiger partial charge in [0, 0.05) is 23.1 Å². The van der Waals surface area contributed by atoms with Gasteiger partial charge in [-0.2, -0.15) is 0 Å². The van der Waals surface area contributed by atoms with Crippen LogP contribution in [0.25, 0.3) is 22.0 Å². The van der Waals surface area contributed by atoms with Crippen molar-refractivity contribution in [2.24, 2.45) is 0 Å². The van der Waals surface area contributed by atoms with Crippen LogP contribution in [-0.2, 0) is 13.0 Å². The van der Waals surface area contributed by atoms with E-state index in [9.17, 15) is 19.8 Å². The molecule has 1 aromatic heterocycles. The first-order valence-corrected chi connectivity index (χ1v) is 7.27. The highest BCUT2D eigenvalue weighted by Gasteiger charge is 2.21. The number of hydrogen-bond donors (Lipinski definition) is 2. The van der Waals surface area contributed by atoms with Crippen molar-refractivity contribution in [3.8, 4) is 22.8 Å². The Morgan fingerprint density at radius 1 is 1.04 bits per heavy atom. The van der Waals surface area contributed by atoms with Gasteiger partial charge in [0.25, 0.3) is 5.56 Å². The quantitative estimate of drug-likeness (QED) is 0.534. The van der Waals surface area contributed by atoms with Gasteiger partial charge in [-0.25, -0.2) is 0 Å². The number of phenolic OH excluding ortho intramolecular Hbond substituents is 2. The maximum atomic E-state index is 12.7. The first-order valence-electron chi connectivity index (χ1n) is 7.27. The van der Waals surface area contributed by atoms with Crippen molar-refractivity contribution in [3.63, 3.8) is 0 Å². The minimum absolute atomic E-state index is 0.153. The van der Waals surface area contributed by atoms with Gasteiger partial charge in [-0.3, -0.25) is 9.59 Å². The van der Waals surface area contributed by atoms with Crippen LogP contribution in [-0.4, -0.2) is 21.1 Å². The third-order valence-corrected chi connectivity index (χ3v) is 4.40. The van der Waals surface area contributed by atoms with Crippen LogP contribution in [0.3, 0.4) is 0 Å². The summed E-state index contributed by atoms with van der Waals surface area (Å²) in [5.74, 6) is -0.401. The molecule has 0 radical (unpaired) electrons. The van der Waals surface area contributed by atoms with Crippen molar-refractivity contribution in [1.29, 1.82) is 0 Å². The molecule has 0 saturated heterocycles. The maximum absolute atomic E-state index is 12.7. The Kier molecular flexibility index (Phi) is 2.78. The van der Waals surface area contributed by atoms with Crippen LogP contribution < -0.4 is 5.56 Å². The molecule has 1 aliphatic rings. The molecule has 0 spiro atoms. The third kappa shape index (κ3) is 1.86. The van der Waals surface area contributed by atoms with Gasteiger partial charge in [-0.1, -0.05) is 12.1 Å². The van der Waals surface area contributed by atoms with Crippen LogP contribution in [0.4, 0.5) is 0 Å². The number of aromatic hydroxyl groups is 2. The molecule has 3 aromatic rings. The number of carbonyl (C=O) groups is 1. The molecule has 0 atom stereocenters. The fraction of sp³-hybridized carbons (Fsp3) is 0.111. The van der Waals surface area contributed by atoms with E-state index in [-0.39, 0.29) is 17.1 Å². The zero-order chi connectivity index (χ0) is 16.1. The van der Waals surface area contributed by atoms with Gasteiger partial charge in [0.2, 0.25) is 0 Å². The van der Waals surface area contributed by atoms with Gasteiger partial charge in [0.05, 0.1) is 5.69 Å². The number of aromatic nitrogens is 1. The highest BCUT2D eigenvalue weighted by atomic mass is 16.3. The number of pyridine rings is 1. The summed E-state index contributed by atoms with van der Waals surface area (Å²) in [6.45, 7) is 0.493. The summed E-state index contributed by atoms with van der Waals surface area (Å²) >= 11 is 0. The number of phenols is 2. The zero-order valence-electron chi connectivity index (χ0n) is 12.1. The summed E-state index contributed by atoms with van der Waals surface area (Å²) in [5.41, 5.74) is 2.51. The summed E-state index contributed by atoms with van der Waals surface area (Å²) in [5, 5.41) is 20.6. The summed E-state index contributed by atoms with van der Waals surface area (Å²) in [7, 11) is 0. The molecule has 4 rings (SSSR count). The molecule has 1 aliphatic heterocycles. The average Bonchev–Trinajstić information content (AvgIpc) is 2.56. The van der Waals surface area contributed by atoms with Gasteiger partial charge in [-0.15, -0.1) is 0 Å². The van der Waals surface area contributed by atoms with E-state index in [0.717, 1.165) is 11.8 Å². The Bertz CT molecular complexity index is 1030. The Labute approximate surface area is 131 Å². The predicted octanol–water partition coefficient (Wildman–Crippen LogP) is 2.45. The molecule has 0 aliphatic carbocycles. The molecule has 2 N–H and O–H groups in total. The van der Waals surface area contributed by atoms with Crippen molar-refractivity contribution in [2.45, 2.75) is 13.0 Å². The summed E-state index contributed by atoms with van der Waals surface area (Å²) in [6.07, 6.45) is 1.33. The molecule has 114 valence electrons. The largest absolute Gasteiger partial charge is 0.504 e. The van der Waals surface area contributed by atoms with Crippen LogP contribution in [0.15, 0.2) is 41.2 Å². The molecule has 0 saturated carbocycles. The third-order valence-electron chi connectivity index (χ3n) is 4.40. The molecule has 0 amide bonds. The Morgan fingerprint density at radius 3 is 2.61 bits per heavy atom. The molecule has 0 unspecified atom stereocenters. The molecule has 23 heavy (non-hydrogen) atoms. The van der Waals surface area contributed by atoms with E-state index in [1.165, 1.54) is 12.1 Å². The highest BCUT2D eigenvalue weighted by Crippen LogP contribution is 2.37. The number of nitrogens with zero attached hydrogens (tertiary/aromatic N) is 1. The fourth-order valence-electron chi connectivity index (χ4n) is 3.25. The SMILES string of the molecule is O=Cc1cccc2c(=O)n3c(cc12)-c1cc(O)c(O)cc1CC3. The van der Waals surface area contributed by atoms with E-state index in [0.29, 0.717) is 40.6 Å². The smallest absolute Gasteiger partial charge is 0.258 e. The number of rotatable bonds is 1. The highest BCUT2D eigenvalue weighted by molar-refractivity contribution is 5.99. The van der Waals surface area contributed by atoms with Crippen molar-refractivity contribution in [3.05, 3.63) is 57.9 Å². The lowest BCUT2D eigenvalue weighted by Crippen LogP contribution is -2.26. The van der Waals surface area contributed by atoms with E-state index in [2.05, 4.69) is 0 Å². The van der Waals surface area contributed by atoms with Crippen LogP contribution in [0.1, 0.15) is 15.9 Å². The van der Waals surface area contributed by atoms with Crippen molar-refractivity contribution in [2.75, 3.05) is 0 Å². The molecule has 2 heterocycles. The lowest BCUT2D eigenvalue weighted by atomic mass is 9.94.